The van der Waals surface area contributed by atoms with Crippen molar-refractivity contribution in [2.24, 2.45) is 0 Å². The molecule has 0 bridgehead atoms. The van der Waals surface area contributed by atoms with Gasteiger partial charge in [0, 0.05) is 0 Å². The van der Waals surface area contributed by atoms with Crippen LogP contribution in [0.25, 0.3) is 0 Å². The second kappa shape index (κ2) is 4.82. The number of carboxylic acids is 1. The summed E-state index contributed by atoms with van der Waals surface area (Å²) in [6.45, 7) is -0.516. The summed E-state index contributed by atoms with van der Waals surface area (Å²) in [4.78, 5) is 13.9. The van der Waals surface area contributed by atoms with E-state index in [-0.39, 0.29) is 11.4 Å². The average Bonchev–Trinajstić information content (AvgIpc) is 2.16. The first-order valence-electron chi connectivity index (χ1n) is 4.27. The van der Waals surface area contributed by atoms with Gasteiger partial charge in [-0.15, -0.1) is 0 Å². The summed E-state index contributed by atoms with van der Waals surface area (Å²) >= 11 is 0. The second-order valence-electron chi connectivity index (χ2n) is 2.90. The number of carbonyl (C=O) groups is 1. The molecule has 0 saturated heterocycles. The zero-order valence-corrected chi connectivity index (χ0v) is 7.99. The van der Waals surface area contributed by atoms with Gasteiger partial charge in [0.25, 0.3) is 0 Å². The molecule has 0 aromatic carbocycles. The average molecular weight is 235 g/mol. The van der Waals surface area contributed by atoms with Crippen LogP contribution >= 0.6 is 0 Å². The van der Waals surface area contributed by atoms with Crippen molar-refractivity contribution in [3.05, 3.63) is 24.0 Å². The predicted octanol–water partition coefficient (Wildman–Crippen LogP) is 2.11. The molecule has 1 rings (SSSR count). The van der Waals surface area contributed by atoms with E-state index >= 15 is 0 Å². The van der Waals surface area contributed by atoms with Crippen molar-refractivity contribution in [3.8, 4) is 5.75 Å². The number of carboxylic acid groups (broad SMARTS) is 1. The molecule has 0 unspecified atom stereocenters. The number of halogens is 3. The minimum absolute atomic E-state index is 0.106. The van der Waals surface area contributed by atoms with E-state index in [9.17, 15) is 18.0 Å². The number of aromatic carboxylic acids is 1. The van der Waals surface area contributed by atoms with Gasteiger partial charge >= 0.3 is 12.1 Å². The number of hydrogen-bond acceptors (Lipinski definition) is 3. The lowest BCUT2D eigenvalue weighted by atomic mass is 10.3. The number of pyridine rings is 1. The summed E-state index contributed by atoms with van der Waals surface area (Å²) in [7, 11) is 0. The molecule has 7 heteroatoms. The molecule has 88 valence electrons. The highest BCUT2D eigenvalue weighted by atomic mass is 19.4. The Balaban J connectivity index is 2.47. The molecule has 0 atom stereocenters. The molecule has 1 heterocycles. The summed E-state index contributed by atoms with van der Waals surface area (Å²) in [5.41, 5.74) is -0.192. The molecule has 0 saturated carbocycles. The van der Waals surface area contributed by atoms with Gasteiger partial charge in [-0.25, -0.2) is 9.78 Å². The summed E-state index contributed by atoms with van der Waals surface area (Å²) < 4.78 is 40.0. The third kappa shape index (κ3) is 4.16. The lowest BCUT2D eigenvalue weighted by molar-refractivity contribution is -0.139. The van der Waals surface area contributed by atoms with Crippen LogP contribution in [0.1, 0.15) is 16.9 Å². The zero-order chi connectivity index (χ0) is 12.2. The Kier molecular flexibility index (Phi) is 3.70. The molecule has 1 aromatic rings. The molecule has 0 radical (unpaired) electrons. The van der Waals surface area contributed by atoms with Crippen LogP contribution in [0.2, 0.25) is 0 Å². The van der Waals surface area contributed by atoms with Gasteiger partial charge in [-0.3, -0.25) is 0 Å². The van der Waals surface area contributed by atoms with Crippen LogP contribution in [0.3, 0.4) is 0 Å². The number of rotatable bonds is 4. The van der Waals surface area contributed by atoms with Gasteiger partial charge in [0.05, 0.1) is 19.2 Å². The minimum atomic E-state index is -4.27. The van der Waals surface area contributed by atoms with Crippen LogP contribution in [0, 0.1) is 0 Å². The Morgan fingerprint density at radius 2 is 2.12 bits per heavy atom. The Bertz CT molecular complexity index is 361. The highest BCUT2D eigenvalue weighted by Gasteiger charge is 2.26. The maximum absolute atomic E-state index is 11.8. The molecule has 0 fully saturated rings. The summed E-state index contributed by atoms with van der Waals surface area (Å²) in [5.74, 6) is -1.10. The second-order valence-corrected chi connectivity index (χ2v) is 2.90. The fourth-order valence-electron chi connectivity index (χ4n) is 0.877. The molecule has 16 heavy (non-hydrogen) atoms. The van der Waals surface area contributed by atoms with E-state index in [4.69, 9.17) is 9.84 Å². The van der Waals surface area contributed by atoms with Gasteiger partial charge in [-0.1, -0.05) is 0 Å². The van der Waals surface area contributed by atoms with Gasteiger partial charge in [0.2, 0.25) is 0 Å². The first-order valence-corrected chi connectivity index (χ1v) is 4.27. The van der Waals surface area contributed by atoms with E-state index in [0.29, 0.717) is 0 Å². The van der Waals surface area contributed by atoms with Crippen LogP contribution in [0.4, 0.5) is 13.2 Å². The maximum Gasteiger partial charge on any atom is 0.392 e. The van der Waals surface area contributed by atoms with Gasteiger partial charge in [-0.2, -0.15) is 13.2 Å². The number of ether oxygens (including phenoxy) is 1. The fourth-order valence-corrected chi connectivity index (χ4v) is 0.877. The Morgan fingerprint density at radius 1 is 1.44 bits per heavy atom. The molecule has 0 aliphatic heterocycles. The van der Waals surface area contributed by atoms with Crippen molar-refractivity contribution < 1.29 is 27.8 Å². The molecule has 1 aromatic heterocycles. The fraction of sp³-hybridized carbons (Fsp3) is 0.333. The van der Waals surface area contributed by atoms with E-state index in [1.165, 1.54) is 6.07 Å². The maximum atomic E-state index is 11.8. The van der Waals surface area contributed by atoms with Crippen molar-refractivity contribution in [2.75, 3.05) is 6.61 Å². The van der Waals surface area contributed by atoms with Gasteiger partial charge in [-0.05, 0) is 12.1 Å². The lowest BCUT2D eigenvalue weighted by Crippen LogP contribution is -2.13. The monoisotopic (exact) mass is 235 g/mol. The molecule has 0 aliphatic rings. The highest BCUT2D eigenvalue weighted by Crippen LogP contribution is 2.20. The molecule has 0 aliphatic carbocycles. The third-order valence-corrected chi connectivity index (χ3v) is 1.61. The van der Waals surface area contributed by atoms with E-state index in [1.807, 2.05) is 0 Å². The summed E-state index contributed by atoms with van der Waals surface area (Å²) in [6.07, 6.45) is -4.26. The molecule has 0 spiro atoms. The van der Waals surface area contributed by atoms with Crippen LogP contribution in [-0.4, -0.2) is 28.8 Å². The third-order valence-electron chi connectivity index (χ3n) is 1.61. The Labute approximate surface area is 88.7 Å². The van der Waals surface area contributed by atoms with E-state index in [0.717, 1.165) is 12.3 Å². The summed E-state index contributed by atoms with van der Waals surface area (Å²) in [5, 5.41) is 8.51. The predicted molar refractivity (Wildman–Crippen MR) is 47.4 cm³/mol. The minimum Gasteiger partial charge on any atom is -0.492 e. The first kappa shape index (κ1) is 12.3. The molecule has 4 nitrogen and oxygen atoms in total. The van der Waals surface area contributed by atoms with Crippen molar-refractivity contribution in [1.29, 1.82) is 0 Å². The molecule has 1 N–H and O–H groups in total. The molecular weight excluding hydrogens is 227 g/mol. The van der Waals surface area contributed by atoms with Gasteiger partial charge in [0.1, 0.15) is 11.4 Å². The lowest BCUT2D eigenvalue weighted by Gasteiger charge is -2.08. The normalized spacial score (nSPS) is 11.2. The first-order chi connectivity index (χ1) is 7.38. The zero-order valence-electron chi connectivity index (χ0n) is 7.99. The standard InChI is InChI=1S/C9H8F3NO3/c10-9(11,12)3-4-16-6-1-2-7(8(14)15)13-5-6/h1-2,5H,3-4H2,(H,14,15). The van der Waals surface area contributed by atoms with Crippen molar-refractivity contribution in [2.45, 2.75) is 12.6 Å². The quantitative estimate of drug-likeness (QED) is 0.868. The van der Waals surface area contributed by atoms with Crippen molar-refractivity contribution in [3.63, 3.8) is 0 Å². The van der Waals surface area contributed by atoms with Crippen molar-refractivity contribution in [1.82, 2.24) is 4.98 Å². The van der Waals surface area contributed by atoms with Gasteiger partial charge in [0.15, 0.2) is 0 Å². The Hall–Kier alpha value is -1.79. The van der Waals surface area contributed by atoms with Crippen LogP contribution in [0.15, 0.2) is 18.3 Å². The van der Waals surface area contributed by atoms with Crippen LogP contribution in [0.5, 0.6) is 5.75 Å². The number of hydrogen-bond donors (Lipinski definition) is 1. The van der Waals surface area contributed by atoms with E-state index in [1.54, 1.807) is 0 Å². The summed E-state index contributed by atoms with van der Waals surface area (Å²) in [6, 6.07) is 2.41. The SMILES string of the molecule is O=C(O)c1ccc(OCCC(F)(F)F)cn1. The van der Waals surface area contributed by atoms with E-state index < -0.39 is 25.2 Å². The largest absolute Gasteiger partial charge is 0.492 e. The molecule has 0 amide bonds. The smallest absolute Gasteiger partial charge is 0.392 e. The number of aromatic nitrogens is 1. The Morgan fingerprint density at radius 3 is 2.56 bits per heavy atom. The van der Waals surface area contributed by atoms with Crippen LogP contribution in [-0.2, 0) is 0 Å². The van der Waals surface area contributed by atoms with Crippen LogP contribution < -0.4 is 4.74 Å². The van der Waals surface area contributed by atoms with Gasteiger partial charge < -0.3 is 9.84 Å². The highest BCUT2D eigenvalue weighted by molar-refractivity contribution is 5.85. The number of alkyl halides is 3. The topological polar surface area (TPSA) is 59.4 Å². The number of nitrogens with zero attached hydrogens (tertiary/aromatic N) is 1. The van der Waals surface area contributed by atoms with Crippen molar-refractivity contribution >= 4 is 5.97 Å². The molecular formula is C9H8F3NO3. The van der Waals surface area contributed by atoms with E-state index in [2.05, 4.69) is 4.98 Å².